The lowest BCUT2D eigenvalue weighted by Gasteiger charge is -2.27. The third-order valence-electron chi connectivity index (χ3n) is 3.60. The molecule has 1 aromatic heterocycles. The lowest BCUT2D eigenvalue weighted by atomic mass is 10.0. The second-order valence-corrected chi connectivity index (χ2v) is 5.02. The molecule has 0 bridgehead atoms. The van der Waals surface area contributed by atoms with E-state index in [-0.39, 0.29) is 12.5 Å². The first-order chi connectivity index (χ1) is 10.2. The van der Waals surface area contributed by atoms with Gasteiger partial charge in [-0.3, -0.25) is 9.89 Å². The van der Waals surface area contributed by atoms with Gasteiger partial charge in [0.1, 0.15) is 18.1 Å². The smallest absolute Gasteiger partial charge is 0.275 e. The van der Waals surface area contributed by atoms with Crippen molar-refractivity contribution in [3.05, 3.63) is 47.3 Å². The van der Waals surface area contributed by atoms with Crippen molar-refractivity contribution in [3.8, 4) is 5.75 Å². The number of benzene rings is 1. The zero-order valence-corrected chi connectivity index (χ0v) is 11.7. The number of H-pyrrole nitrogens is 1. The number of fused-ring (bicyclic) bond motifs is 1. The standard InChI is InChI=1S/C15H17N3O3/c1-10-8-12(17-16-10)15(20)18-6-7-21-14-5-3-2-4-11(14)13(18)9-19/h2-5,8,13,19H,6-7,9H2,1H3,(H,16,17)/t13-/m0/s1. The minimum absolute atomic E-state index is 0.157. The molecule has 0 aliphatic carbocycles. The number of aromatic amines is 1. The summed E-state index contributed by atoms with van der Waals surface area (Å²) in [5, 5.41) is 16.5. The van der Waals surface area contributed by atoms with E-state index >= 15 is 0 Å². The molecule has 1 atom stereocenters. The molecule has 0 saturated carbocycles. The number of amides is 1. The summed E-state index contributed by atoms with van der Waals surface area (Å²) in [5.74, 6) is 0.503. The van der Waals surface area contributed by atoms with E-state index in [4.69, 9.17) is 4.74 Å². The van der Waals surface area contributed by atoms with Crippen LogP contribution in [0.1, 0.15) is 27.8 Å². The molecule has 0 fully saturated rings. The molecule has 3 rings (SSSR count). The number of nitrogens with one attached hydrogen (secondary N) is 1. The van der Waals surface area contributed by atoms with Crippen molar-refractivity contribution in [2.45, 2.75) is 13.0 Å². The summed E-state index contributed by atoms with van der Waals surface area (Å²) in [5.41, 5.74) is 1.99. The zero-order valence-electron chi connectivity index (χ0n) is 11.7. The van der Waals surface area contributed by atoms with Gasteiger partial charge >= 0.3 is 0 Å². The van der Waals surface area contributed by atoms with Crippen LogP contribution < -0.4 is 4.74 Å². The predicted octanol–water partition coefficient (Wildman–Crippen LogP) is 1.29. The van der Waals surface area contributed by atoms with Gasteiger partial charge in [0.15, 0.2) is 0 Å². The van der Waals surface area contributed by atoms with Crippen LogP contribution >= 0.6 is 0 Å². The Kier molecular flexibility index (Phi) is 3.62. The summed E-state index contributed by atoms with van der Waals surface area (Å²) >= 11 is 0. The van der Waals surface area contributed by atoms with E-state index in [1.807, 2.05) is 31.2 Å². The van der Waals surface area contributed by atoms with Crippen LogP contribution in [0.3, 0.4) is 0 Å². The van der Waals surface area contributed by atoms with E-state index < -0.39 is 6.04 Å². The van der Waals surface area contributed by atoms with Crippen LogP contribution in [0.4, 0.5) is 0 Å². The monoisotopic (exact) mass is 287 g/mol. The maximum absolute atomic E-state index is 12.6. The molecular formula is C15H17N3O3. The summed E-state index contributed by atoms with van der Waals surface area (Å²) < 4.78 is 5.67. The zero-order chi connectivity index (χ0) is 14.8. The van der Waals surface area contributed by atoms with Gasteiger partial charge in [0.05, 0.1) is 19.2 Å². The van der Waals surface area contributed by atoms with E-state index in [9.17, 15) is 9.90 Å². The van der Waals surface area contributed by atoms with Gasteiger partial charge < -0.3 is 14.7 Å². The Hall–Kier alpha value is -2.34. The van der Waals surface area contributed by atoms with E-state index in [1.54, 1.807) is 11.0 Å². The van der Waals surface area contributed by atoms with Crippen LogP contribution in [0.15, 0.2) is 30.3 Å². The van der Waals surface area contributed by atoms with Crippen LogP contribution in [0.5, 0.6) is 5.75 Å². The number of para-hydroxylation sites is 1. The Morgan fingerprint density at radius 3 is 3.05 bits per heavy atom. The topological polar surface area (TPSA) is 78.5 Å². The number of aliphatic hydroxyl groups excluding tert-OH is 1. The molecular weight excluding hydrogens is 270 g/mol. The summed E-state index contributed by atoms with van der Waals surface area (Å²) in [6, 6.07) is 8.75. The fourth-order valence-electron chi connectivity index (χ4n) is 2.58. The highest BCUT2D eigenvalue weighted by Gasteiger charge is 2.31. The minimum atomic E-state index is -0.423. The average Bonchev–Trinajstić information content (AvgIpc) is 2.84. The Morgan fingerprint density at radius 2 is 2.33 bits per heavy atom. The molecule has 110 valence electrons. The number of aromatic nitrogens is 2. The van der Waals surface area contributed by atoms with Crippen LogP contribution in [0, 0.1) is 6.92 Å². The Bertz CT molecular complexity index is 653. The van der Waals surface area contributed by atoms with E-state index in [0.29, 0.717) is 24.6 Å². The summed E-state index contributed by atoms with van der Waals surface area (Å²) in [7, 11) is 0. The molecule has 0 radical (unpaired) electrons. The Labute approximate surface area is 122 Å². The van der Waals surface area contributed by atoms with Crippen LogP contribution in [0.2, 0.25) is 0 Å². The van der Waals surface area contributed by atoms with Gasteiger partial charge in [0.2, 0.25) is 0 Å². The number of hydrogen-bond donors (Lipinski definition) is 2. The second-order valence-electron chi connectivity index (χ2n) is 5.02. The average molecular weight is 287 g/mol. The lowest BCUT2D eigenvalue weighted by Crippen LogP contribution is -2.38. The first kappa shape index (κ1) is 13.6. The predicted molar refractivity (Wildman–Crippen MR) is 76.1 cm³/mol. The van der Waals surface area contributed by atoms with Crippen LogP contribution in [-0.2, 0) is 0 Å². The number of aryl methyl sites for hydroxylation is 1. The maximum atomic E-state index is 12.6. The van der Waals surface area contributed by atoms with Crippen molar-refractivity contribution >= 4 is 5.91 Å². The summed E-state index contributed by atoms with van der Waals surface area (Å²) in [4.78, 5) is 14.2. The molecule has 2 aromatic rings. The summed E-state index contributed by atoms with van der Waals surface area (Å²) in [6.07, 6.45) is 0. The number of aliphatic hydroxyl groups is 1. The Morgan fingerprint density at radius 1 is 1.52 bits per heavy atom. The number of hydrogen-bond acceptors (Lipinski definition) is 4. The Balaban J connectivity index is 1.96. The van der Waals surface area contributed by atoms with Crippen LogP contribution in [-0.4, -0.2) is 45.9 Å². The SMILES string of the molecule is Cc1cc(C(=O)N2CCOc3ccccc3[C@@H]2CO)n[nH]1. The molecule has 2 N–H and O–H groups in total. The highest BCUT2D eigenvalue weighted by atomic mass is 16.5. The van der Waals surface area contributed by atoms with Crippen molar-refractivity contribution in [3.63, 3.8) is 0 Å². The van der Waals surface area contributed by atoms with Crippen molar-refractivity contribution < 1.29 is 14.6 Å². The number of rotatable bonds is 2. The van der Waals surface area contributed by atoms with Gasteiger partial charge in [-0.05, 0) is 19.1 Å². The lowest BCUT2D eigenvalue weighted by molar-refractivity contribution is 0.0579. The number of carbonyl (C=O) groups is 1. The normalized spacial score (nSPS) is 17.8. The molecule has 0 saturated heterocycles. The quantitative estimate of drug-likeness (QED) is 0.872. The molecule has 1 aliphatic rings. The highest BCUT2D eigenvalue weighted by molar-refractivity contribution is 5.92. The van der Waals surface area contributed by atoms with Crippen LogP contribution in [0.25, 0.3) is 0 Å². The first-order valence-corrected chi connectivity index (χ1v) is 6.86. The number of carbonyl (C=O) groups excluding carboxylic acids is 1. The van der Waals surface area contributed by atoms with E-state index in [0.717, 1.165) is 11.3 Å². The maximum Gasteiger partial charge on any atom is 0.275 e. The molecule has 0 unspecified atom stereocenters. The summed E-state index contributed by atoms with van der Waals surface area (Å²) in [6.45, 7) is 2.48. The fraction of sp³-hybridized carbons (Fsp3) is 0.333. The highest BCUT2D eigenvalue weighted by Crippen LogP contribution is 2.32. The third-order valence-corrected chi connectivity index (χ3v) is 3.60. The van der Waals surface area contributed by atoms with Gasteiger partial charge in [-0.15, -0.1) is 0 Å². The van der Waals surface area contributed by atoms with Gasteiger partial charge in [0.25, 0.3) is 5.91 Å². The number of ether oxygens (including phenoxy) is 1. The molecule has 0 spiro atoms. The molecule has 1 amide bonds. The van der Waals surface area contributed by atoms with Crippen molar-refractivity contribution in [1.29, 1.82) is 0 Å². The number of nitrogens with zero attached hydrogens (tertiary/aromatic N) is 2. The largest absolute Gasteiger partial charge is 0.491 e. The van der Waals surface area contributed by atoms with Gasteiger partial charge in [0, 0.05) is 11.3 Å². The van der Waals surface area contributed by atoms with E-state index in [2.05, 4.69) is 10.2 Å². The van der Waals surface area contributed by atoms with Crippen molar-refractivity contribution in [2.24, 2.45) is 0 Å². The van der Waals surface area contributed by atoms with Crippen molar-refractivity contribution in [2.75, 3.05) is 19.8 Å². The fourth-order valence-corrected chi connectivity index (χ4v) is 2.58. The molecule has 1 aliphatic heterocycles. The minimum Gasteiger partial charge on any atom is -0.491 e. The second kappa shape index (κ2) is 5.57. The first-order valence-electron chi connectivity index (χ1n) is 6.86. The van der Waals surface area contributed by atoms with Gasteiger partial charge in [-0.2, -0.15) is 5.10 Å². The molecule has 1 aromatic carbocycles. The molecule has 2 heterocycles. The molecule has 6 nitrogen and oxygen atoms in total. The molecule has 6 heteroatoms. The van der Waals surface area contributed by atoms with Gasteiger partial charge in [-0.25, -0.2) is 0 Å². The van der Waals surface area contributed by atoms with Crippen molar-refractivity contribution in [1.82, 2.24) is 15.1 Å². The molecule has 21 heavy (non-hydrogen) atoms. The van der Waals surface area contributed by atoms with Gasteiger partial charge in [-0.1, -0.05) is 18.2 Å². The van der Waals surface area contributed by atoms with E-state index in [1.165, 1.54) is 0 Å². The third kappa shape index (κ3) is 2.50.